The molecule has 2 aliphatic heterocycles. The molecule has 2 saturated heterocycles. The van der Waals surface area contributed by atoms with E-state index in [0.29, 0.717) is 6.04 Å². The summed E-state index contributed by atoms with van der Waals surface area (Å²) in [6.07, 6.45) is 3.48. The lowest BCUT2D eigenvalue weighted by molar-refractivity contribution is -0.134. The number of piperidine rings is 1. The van der Waals surface area contributed by atoms with Gasteiger partial charge in [-0.1, -0.05) is 6.92 Å². The van der Waals surface area contributed by atoms with Crippen molar-refractivity contribution < 1.29 is 4.79 Å². The van der Waals surface area contributed by atoms with E-state index in [1.807, 2.05) is 23.7 Å². The molecule has 18 heavy (non-hydrogen) atoms. The maximum atomic E-state index is 12.3. The topological polar surface area (TPSA) is 35.6 Å². The van der Waals surface area contributed by atoms with E-state index < -0.39 is 0 Å². The number of rotatable bonds is 4. The number of carbonyl (C=O) groups excluding carboxylic acids is 1. The van der Waals surface area contributed by atoms with Crippen molar-refractivity contribution in [3.8, 4) is 0 Å². The van der Waals surface area contributed by atoms with Gasteiger partial charge in [-0.25, -0.2) is 0 Å². The average Bonchev–Trinajstić information content (AvgIpc) is 2.92. The van der Waals surface area contributed by atoms with Crippen molar-refractivity contribution in [2.75, 3.05) is 38.3 Å². The van der Waals surface area contributed by atoms with Gasteiger partial charge in [-0.05, 0) is 25.8 Å². The van der Waals surface area contributed by atoms with Gasteiger partial charge in [0.1, 0.15) is 0 Å². The van der Waals surface area contributed by atoms with Crippen LogP contribution in [0.4, 0.5) is 0 Å². The van der Waals surface area contributed by atoms with Gasteiger partial charge in [0.15, 0.2) is 0 Å². The molecule has 0 bridgehead atoms. The largest absolute Gasteiger partial charge is 0.341 e. The summed E-state index contributed by atoms with van der Waals surface area (Å²) >= 11 is 1.81. The zero-order valence-corrected chi connectivity index (χ0v) is 12.3. The Morgan fingerprint density at radius 3 is 2.72 bits per heavy atom. The molecular formula is C13H25N3OS. The van der Waals surface area contributed by atoms with E-state index in [2.05, 4.69) is 17.1 Å². The van der Waals surface area contributed by atoms with E-state index in [1.165, 1.54) is 13.0 Å². The van der Waals surface area contributed by atoms with Crippen LogP contribution in [0.3, 0.4) is 0 Å². The predicted octanol–water partition coefficient (Wildman–Crippen LogP) is 0.982. The summed E-state index contributed by atoms with van der Waals surface area (Å²) in [6, 6.07) is 0.492. The molecule has 5 heteroatoms. The molecule has 1 N–H and O–H groups in total. The summed E-state index contributed by atoms with van der Waals surface area (Å²) < 4.78 is 0. The third-order valence-electron chi connectivity index (χ3n) is 4.01. The third-order valence-corrected chi connectivity index (χ3v) is 4.95. The van der Waals surface area contributed by atoms with Gasteiger partial charge in [0, 0.05) is 37.8 Å². The van der Waals surface area contributed by atoms with Crippen LogP contribution in [-0.2, 0) is 4.79 Å². The van der Waals surface area contributed by atoms with Gasteiger partial charge in [-0.3, -0.25) is 10.1 Å². The molecule has 0 aromatic heterocycles. The second-order valence-corrected chi connectivity index (χ2v) is 6.32. The molecule has 0 saturated carbocycles. The molecule has 1 unspecified atom stereocenters. The highest BCUT2D eigenvalue weighted by atomic mass is 32.2. The molecule has 0 aliphatic carbocycles. The fourth-order valence-electron chi connectivity index (χ4n) is 2.83. The van der Waals surface area contributed by atoms with E-state index in [0.717, 1.165) is 37.6 Å². The number of nitrogens with zero attached hydrogens (tertiary/aromatic N) is 2. The van der Waals surface area contributed by atoms with E-state index in [1.54, 1.807) is 0 Å². The fraction of sp³-hybridized carbons (Fsp3) is 0.923. The van der Waals surface area contributed by atoms with Crippen molar-refractivity contribution in [3.05, 3.63) is 0 Å². The molecule has 2 rings (SSSR count). The van der Waals surface area contributed by atoms with Crippen LogP contribution in [0.15, 0.2) is 0 Å². The Morgan fingerprint density at radius 1 is 1.44 bits per heavy atom. The quantitative estimate of drug-likeness (QED) is 0.827. The molecule has 0 aromatic carbocycles. The molecule has 4 nitrogen and oxygen atoms in total. The Morgan fingerprint density at radius 2 is 2.17 bits per heavy atom. The number of likely N-dealkylation sites (N-methyl/N-ethyl adjacent to an activating group) is 1. The second-order valence-electron chi connectivity index (χ2n) is 5.29. The van der Waals surface area contributed by atoms with Crippen LogP contribution < -0.4 is 5.32 Å². The van der Waals surface area contributed by atoms with Gasteiger partial charge in [0.25, 0.3) is 0 Å². The molecule has 1 atom stereocenters. The highest BCUT2D eigenvalue weighted by Gasteiger charge is 2.30. The van der Waals surface area contributed by atoms with Crippen molar-refractivity contribution in [3.63, 3.8) is 0 Å². The number of hydrogen-bond acceptors (Lipinski definition) is 4. The number of nitrogens with one attached hydrogen (secondary N) is 1. The van der Waals surface area contributed by atoms with Gasteiger partial charge in [0.05, 0.1) is 6.04 Å². The molecule has 0 aromatic rings. The summed E-state index contributed by atoms with van der Waals surface area (Å²) in [7, 11) is 1.98. The Hall–Kier alpha value is -0.260. The van der Waals surface area contributed by atoms with E-state index >= 15 is 0 Å². The van der Waals surface area contributed by atoms with Crippen LogP contribution in [0.25, 0.3) is 0 Å². The third kappa shape index (κ3) is 3.39. The number of amides is 1. The van der Waals surface area contributed by atoms with Crippen LogP contribution in [0.1, 0.15) is 26.2 Å². The molecule has 2 fully saturated rings. The van der Waals surface area contributed by atoms with Gasteiger partial charge in [-0.15, -0.1) is 11.8 Å². The molecule has 0 spiro atoms. The summed E-state index contributed by atoms with van der Waals surface area (Å²) in [5.41, 5.74) is 0. The van der Waals surface area contributed by atoms with Gasteiger partial charge in [0.2, 0.25) is 5.91 Å². The zero-order valence-electron chi connectivity index (χ0n) is 11.5. The standard InChI is InChI=1S/C13H25N3OS/c1-3-6-16-7-4-11(5-8-16)15(2)13(17)12-9-18-10-14-12/h11-12,14H,3-10H2,1-2H3. The van der Waals surface area contributed by atoms with Crippen LogP contribution in [0.5, 0.6) is 0 Å². The monoisotopic (exact) mass is 271 g/mol. The first-order valence-corrected chi connectivity index (χ1v) is 8.18. The molecule has 2 aliphatic rings. The summed E-state index contributed by atoms with van der Waals surface area (Å²) in [6.45, 7) is 5.71. The second kappa shape index (κ2) is 6.78. The Kier molecular flexibility index (Phi) is 5.33. The number of carbonyl (C=O) groups is 1. The van der Waals surface area contributed by atoms with Crippen molar-refractivity contribution in [1.82, 2.24) is 15.1 Å². The first kappa shape index (κ1) is 14.2. The highest BCUT2D eigenvalue weighted by molar-refractivity contribution is 7.99. The highest BCUT2D eigenvalue weighted by Crippen LogP contribution is 2.18. The summed E-state index contributed by atoms with van der Waals surface area (Å²) in [4.78, 5) is 16.8. The molecule has 104 valence electrons. The SMILES string of the molecule is CCCN1CCC(N(C)C(=O)C2CSCN2)CC1. The van der Waals surface area contributed by atoms with Crippen molar-refractivity contribution in [1.29, 1.82) is 0 Å². The number of thioether (sulfide) groups is 1. The Bertz CT molecular complexity index is 273. The average molecular weight is 271 g/mol. The Labute approximate surface area is 114 Å². The van der Waals surface area contributed by atoms with Crippen molar-refractivity contribution in [2.45, 2.75) is 38.3 Å². The number of likely N-dealkylation sites (tertiary alicyclic amines) is 1. The molecule has 0 radical (unpaired) electrons. The van der Waals surface area contributed by atoms with Crippen molar-refractivity contribution >= 4 is 17.7 Å². The first-order chi connectivity index (χ1) is 8.72. The van der Waals surface area contributed by atoms with Crippen LogP contribution >= 0.6 is 11.8 Å². The van der Waals surface area contributed by atoms with Gasteiger partial charge in [-0.2, -0.15) is 0 Å². The van der Waals surface area contributed by atoms with Crippen molar-refractivity contribution in [2.24, 2.45) is 0 Å². The lowest BCUT2D eigenvalue weighted by Gasteiger charge is -2.37. The fourth-order valence-corrected chi connectivity index (χ4v) is 3.76. The zero-order chi connectivity index (χ0) is 13.0. The minimum atomic E-state index is 0.0497. The summed E-state index contributed by atoms with van der Waals surface area (Å²) in [5, 5.41) is 3.27. The van der Waals surface area contributed by atoms with E-state index in [-0.39, 0.29) is 11.9 Å². The minimum Gasteiger partial charge on any atom is -0.341 e. The molecular weight excluding hydrogens is 246 g/mol. The normalized spacial score (nSPS) is 26.4. The molecule has 2 heterocycles. The lowest BCUT2D eigenvalue weighted by atomic mass is 10.0. The maximum Gasteiger partial charge on any atom is 0.240 e. The predicted molar refractivity (Wildman–Crippen MR) is 76.8 cm³/mol. The smallest absolute Gasteiger partial charge is 0.240 e. The van der Waals surface area contributed by atoms with Crippen LogP contribution in [-0.4, -0.2) is 66.1 Å². The minimum absolute atomic E-state index is 0.0497. The maximum absolute atomic E-state index is 12.3. The lowest BCUT2D eigenvalue weighted by Crippen LogP contribution is -2.51. The van der Waals surface area contributed by atoms with Gasteiger partial charge >= 0.3 is 0 Å². The summed E-state index contributed by atoms with van der Waals surface area (Å²) in [5.74, 6) is 2.13. The van der Waals surface area contributed by atoms with E-state index in [4.69, 9.17) is 0 Å². The van der Waals surface area contributed by atoms with Crippen LogP contribution in [0.2, 0.25) is 0 Å². The van der Waals surface area contributed by atoms with E-state index in [9.17, 15) is 4.79 Å². The first-order valence-electron chi connectivity index (χ1n) is 7.02. The van der Waals surface area contributed by atoms with Gasteiger partial charge < -0.3 is 9.80 Å². The van der Waals surface area contributed by atoms with Crippen LogP contribution in [0, 0.1) is 0 Å². The molecule has 1 amide bonds. The number of hydrogen-bond donors (Lipinski definition) is 1. The Balaban J connectivity index is 1.79.